The number of nitrogens with zero attached hydrogens (tertiary/aromatic N) is 1. The number of carbonyl (C=O) groups is 1. The summed E-state index contributed by atoms with van der Waals surface area (Å²) in [5.41, 5.74) is 1.73. The molecule has 0 spiro atoms. The molecule has 0 saturated heterocycles. The van der Waals surface area contributed by atoms with Gasteiger partial charge >= 0.3 is 5.97 Å². The molecule has 88 valence electrons. The Morgan fingerprint density at radius 3 is 3.06 bits per heavy atom. The normalized spacial score (nSPS) is 17.2. The molecule has 0 aliphatic heterocycles. The van der Waals surface area contributed by atoms with E-state index < -0.39 is 5.97 Å². The maximum atomic E-state index is 10.9. The molecule has 1 aromatic carbocycles. The summed E-state index contributed by atoms with van der Waals surface area (Å²) in [6, 6.07) is 5.82. The van der Waals surface area contributed by atoms with Crippen molar-refractivity contribution in [3.8, 4) is 0 Å². The lowest BCUT2D eigenvalue weighted by atomic mass is 9.90. The van der Waals surface area contributed by atoms with Crippen molar-refractivity contribution in [3.05, 3.63) is 30.0 Å². The smallest absolute Gasteiger partial charge is 0.303 e. The fourth-order valence-corrected chi connectivity index (χ4v) is 2.43. The highest BCUT2D eigenvalue weighted by Crippen LogP contribution is 2.46. The van der Waals surface area contributed by atoms with Crippen LogP contribution in [0.5, 0.6) is 0 Å². The van der Waals surface area contributed by atoms with Crippen molar-refractivity contribution in [2.45, 2.75) is 25.2 Å². The Labute approximate surface area is 98.2 Å². The Balaban J connectivity index is 2.04. The summed E-state index contributed by atoms with van der Waals surface area (Å²) < 4.78 is 5.25. The van der Waals surface area contributed by atoms with Crippen molar-refractivity contribution in [3.63, 3.8) is 0 Å². The summed E-state index contributed by atoms with van der Waals surface area (Å²) in [4.78, 5) is 10.9. The van der Waals surface area contributed by atoms with Crippen LogP contribution < -0.4 is 0 Å². The highest BCUT2D eigenvalue weighted by molar-refractivity contribution is 5.80. The van der Waals surface area contributed by atoms with Gasteiger partial charge in [0.05, 0.1) is 12.6 Å². The molecule has 0 bridgehead atoms. The fourth-order valence-electron chi connectivity index (χ4n) is 2.43. The molecule has 1 heterocycles. The molecule has 4 heteroatoms. The minimum atomic E-state index is -0.751. The summed E-state index contributed by atoms with van der Waals surface area (Å²) in [5.74, 6) is -0.204. The van der Waals surface area contributed by atoms with Gasteiger partial charge in [0.2, 0.25) is 0 Å². The van der Waals surface area contributed by atoms with Crippen molar-refractivity contribution in [1.82, 2.24) is 5.16 Å². The molecule has 1 aliphatic rings. The van der Waals surface area contributed by atoms with Gasteiger partial charge in [0, 0.05) is 16.9 Å². The van der Waals surface area contributed by atoms with Gasteiger partial charge in [-0.1, -0.05) is 17.3 Å². The van der Waals surface area contributed by atoms with Crippen LogP contribution in [0, 0.1) is 5.92 Å². The van der Waals surface area contributed by atoms with E-state index in [1.54, 1.807) is 6.20 Å². The number of carboxylic acid groups (broad SMARTS) is 1. The first-order chi connectivity index (χ1) is 8.25. The van der Waals surface area contributed by atoms with Gasteiger partial charge in [-0.25, -0.2) is 0 Å². The van der Waals surface area contributed by atoms with Crippen LogP contribution in [0.25, 0.3) is 11.0 Å². The first-order valence-corrected chi connectivity index (χ1v) is 5.81. The van der Waals surface area contributed by atoms with E-state index in [1.807, 2.05) is 18.2 Å². The number of aliphatic carboxylic acids is 1. The maximum Gasteiger partial charge on any atom is 0.303 e. The van der Waals surface area contributed by atoms with Gasteiger partial charge in [0.15, 0.2) is 5.58 Å². The molecular weight excluding hydrogens is 218 g/mol. The first kappa shape index (κ1) is 10.3. The van der Waals surface area contributed by atoms with E-state index in [1.165, 1.54) is 0 Å². The molecule has 1 aliphatic carbocycles. The lowest BCUT2D eigenvalue weighted by Gasteiger charge is -2.14. The third kappa shape index (κ3) is 1.90. The number of hydrogen-bond donors (Lipinski definition) is 1. The van der Waals surface area contributed by atoms with Gasteiger partial charge in [-0.2, -0.15) is 0 Å². The summed E-state index contributed by atoms with van der Waals surface area (Å²) in [7, 11) is 0. The number of fused-ring (bicyclic) bond motifs is 1. The van der Waals surface area contributed by atoms with E-state index in [9.17, 15) is 4.79 Å². The second kappa shape index (κ2) is 3.87. The Bertz CT molecular complexity index is 557. The van der Waals surface area contributed by atoms with Crippen LogP contribution in [-0.4, -0.2) is 16.2 Å². The molecule has 1 aromatic heterocycles. The van der Waals surface area contributed by atoms with Crippen LogP contribution in [0.3, 0.4) is 0 Å². The number of benzene rings is 1. The zero-order valence-electron chi connectivity index (χ0n) is 9.30. The van der Waals surface area contributed by atoms with E-state index in [0.29, 0.717) is 5.92 Å². The Kier molecular flexibility index (Phi) is 2.35. The molecule has 1 atom stereocenters. The highest BCUT2D eigenvalue weighted by Gasteiger charge is 2.35. The average molecular weight is 231 g/mol. The minimum absolute atomic E-state index is 0.0594. The van der Waals surface area contributed by atoms with Gasteiger partial charge in [-0.3, -0.25) is 4.79 Å². The van der Waals surface area contributed by atoms with E-state index in [-0.39, 0.29) is 12.3 Å². The Hall–Kier alpha value is -1.84. The average Bonchev–Trinajstić information content (AvgIpc) is 3.02. The SMILES string of the molecule is O=C(O)CC(c1cccc2cnoc12)C1CC1. The first-order valence-electron chi connectivity index (χ1n) is 5.81. The largest absolute Gasteiger partial charge is 0.481 e. The number of hydrogen-bond acceptors (Lipinski definition) is 3. The second-order valence-corrected chi connectivity index (χ2v) is 4.63. The van der Waals surface area contributed by atoms with Gasteiger partial charge in [0.25, 0.3) is 0 Å². The van der Waals surface area contributed by atoms with Crippen molar-refractivity contribution in [2.75, 3.05) is 0 Å². The van der Waals surface area contributed by atoms with Crippen LogP contribution in [-0.2, 0) is 4.79 Å². The highest BCUT2D eigenvalue weighted by atomic mass is 16.5. The lowest BCUT2D eigenvalue weighted by Crippen LogP contribution is -2.08. The molecule has 1 unspecified atom stereocenters. The summed E-state index contributed by atoms with van der Waals surface area (Å²) >= 11 is 0. The van der Waals surface area contributed by atoms with Crippen LogP contribution in [0.2, 0.25) is 0 Å². The van der Waals surface area contributed by atoms with Crippen molar-refractivity contribution in [1.29, 1.82) is 0 Å². The zero-order valence-corrected chi connectivity index (χ0v) is 9.30. The number of rotatable bonds is 4. The summed E-state index contributed by atoms with van der Waals surface area (Å²) in [6.45, 7) is 0. The molecule has 1 N–H and O–H groups in total. The van der Waals surface area contributed by atoms with Crippen molar-refractivity contribution in [2.24, 2.45) is 5.92 Å². The molecule has 2 aromatic rings. The number of carboxylic acids is 1. The number of para-hydroxylation sites is 1. The van der Waals surface area contributed by atoms with Gasteiger partial charge in [-0.15, -0.1) is 0 Å². The lowest BCUT2D eigenvalue weighted by molar-refractivity contribution is -0.137. The molecule has 17 heavy (non-hydrogen) atoms. The molecule has 0 radical (unpaired) electrons. The molecular formula is C13H13NO3. The Morgan fingerprint density at radius 1 is 1.53 bits per heavy atom. The van der Waals surface area contributed by atoms with E-state index in [4.69, 9.17) is 9.63 Å². The quantitative estimate of drug-likeness (QED) is 0.878. The topological polar surface area (TPSA) is 63.3 Å². The van der Waals surface area contributed by atoms with Crippen LogP contribution in [0.15, 0.2) is 28.9 Å². The van der Waals surface area contributed by atoms with Gasteiger partial charge < -0.3 is 9.63 Å². The molecule has 0 amide bonds. The third-order valence-corrected chi connectivity index (χ3v) is 3.40. The molecule has 4 nitrogen and oxygen atoms in total. The minimum Gasteiger partial charge on any atom is -0.481 e. The van der Waals surface area contributed by atoms with Gasteiger partial charge in [0.1, 0.15) is 0 Å². The number of aromatic nitrogens is 1. The Morgan fingerprint density at radius 2 is 2.35 bits per heavy atom. The van der Waals surface area contributed by atoms with Gasteiger partial charge in [-0.05, 0) is 24.8 Å². The van der Waals surface area contributed by atoms with E-state index in [0.717, 1.165) is 29.4 Å². The van der Waals surface area contributed by atoms with Crippen molar-refractivity contribution >= 4 is 16.9 Å². The molecule has 1 fully saturated rings. The second-order valence-electron chi connectivity index (χ2n) is 4.63. The van der Waals surface area contributed by atoms with Crippen LogP contribution in [0.4, 0.5) is 0 Å². The standard InChI is InChI=1S/C13H13NO3/c15-12(16)6-11(8-4-5-8)10-3-1-2-9-7-14-17-13(9)10/h1-3,7-8,11H,4-6H2,(H,15,16). The van der Waals surface area contributed by atoms with E-state index in [2.05, 4.69) is 5.16 Å². The van der Waals surface area contributed by atoms with Crippen molar-refractivity contribution < 1.29 is 14.4 Å². The fraction of sp³-hybridized carbons (Fsp3) is 0.385. The van der Waals surface area contributed by atoms with Crippen LogP contribution in [0.1, 0.15) is 30.7 Å². The summed E-state index contributed by atoms with van der Waals surface area (Å²) in [5, 5.41) is 13.7. The van der Waals surface area contributed by atoms with E-state index >= 15 is 0 Å². The third-order valence-electron chi connectivity index (χ3n) is 3.40. The zero-order chi connectivity index (χ0) is 11.8. The molecule has 3 rings (SSSR count). The van der Waals surface area contributed by atoms with Crippen LogP contribution >= 0.6 is 0 Å². The monoisotopic (exact) mass is 231 g/mol. The summed E-state index contributed by atoms with van der Waals surface area (Å²) in [6.07, 6.45) is 4.07. The predicted octanol–water partition coefficient (Wildman–Crippen LogP) is 2.80. The maximum absolute atomic E-state index is 10.9. The predicted molar refractivity (Wildman–Crippen MR) is 61.7 cm³/mol. The molecule has 1 saturated carbocycles.